The van der Waals surface area contributed by atoms with Crippen molar-refractivity contribution < 1.29 is 9.18 Å². The first-order chi connectivity index (χ1) is 6.65. The molecule has 0 radical (unpaired) electrons. The summed E-state index contributed by atoms with van der Waals surface area (Å²) in [5.74, 6) is -0.230. The standard InChI is InChI=1S/C10H11ClFNO/c11-5-4-8(14)6-7-2-1-3-9(12)10(7)13/h1-3H,4-6,13H2. The van der Waals surface area contributed by atoms with Crippen molar-refractivity contribution in [2.75, 3.05) is 11.6 Å². The quantitative estimate of drug-likeness (QED) is 0.618. The fraction of sp³-hybridized carbons (Fsp3) is 0.300. The zero-order valence-electron chi connectivity index (χ0n) is 7.59. The molecule has 0 heterocycles. The lowest BCUT2D eigenvalue weighted by Crippen LogP contribution is -2.06. The van der Waals surface area contributed by atoms with E-state index in [9.17, 15) is 9.18 Å². The van der Waals surface area contributed by atoms with E-state index in [0.717, 1.165) is 0 Å². The Balaban J connectivity index is 2.76. The Labute approximate surface area is 86.9 Å². The van der Waals surface area contributed by atoms with Crippen molar-refractivity contribution in [1.82, 2.24) is 0 Å². The Morgan fingerprint density at radius 1 is 1.50 bits per heavy atom. The molecule has 76 valence electrons. The van der Waals surface area contributed by atoms with Gasteiger partial charge in [-0.25, -0.2) is 4.39 Å². The lowest BCUT2D eigenvalue weighted by Gasteiger charge is -2.04. The van der Waals surface area contributed by atoms with Gasteiger partial charge in [-0.15, -0.1) is 11.6 Å². The van der Waals surface area contributed by atoms with Crippen LogP contribution in [0.4, 0.5) is 10.1 Å². The molecule has 2 nitrogen and oxygen atoms in total. The van der Waals surface area contributed by atoms with Gasteiger partial charge in [-0.2, -0.15) is 0 Å². The summed E-state index contributed by atoms with van der Waals surface area (Å²) in [7, 11) is 0. The van der Waals surface area contributed by atoms with Gasteiger partial charge in [0.1, 0.15) is 11.6 Å². The minimum atomic E-state index is -0.485. The Bertz CT molecular complexity index is 341. The molecule has 1 aromatic carbocycles. The van der Waals surface area contributed by atoms with Gasteiger partial charge in [0.25, 0.3) is 0 Å². The summed E-state index contributed by atoms with van der Waals surface area (Å²) in [6.45, 7) is 0. The van der Waals surface area contributed by atoms with E-state index >= 15 is 0 Å². The van der Waals surface area contributed by atoms with E-state index in [1.54, 1.807) is 6.07 Å². The number of anilines is 1. The Morgan fingerprint density at radius 2 is 2.21 bits per heavy atom. The number of hydrogen-bond acceptors (Lipinski definition) is 2. The third-order valence-corrected chi connectivity index (χ3v) is 2.09. The second-order valence-electron chi connectivity index (χ2n) is 2.97. The summed E-state index contributed by atoms with van der Waals surface area (Å²) in [5, 5.41) is 0. The minimum absolute atomic E-state index is 0.0303. The van der Waals surface area contributed by atoms with Crippen molar-refractivity contribution in [2.24, 2.45) is 0 Å². The van der Waals surface area contributed by atoms with Gasteiger partial charge in [-0.3, -0.25) is 4.79 Å². The average Bonchev–Trinajstić information content (AvgIpc) is 2.13. The molecule has 0 atom stereocenters. The number of Topliss-reactive ketones (excluding diaryl/α,β-unsaturated/α-hetero) is 1. The largest absolute Gasteiger partial charge is 0.396 e. The Kier molecular flexibility index (Phi) is 3.89. The van der Waals surface area contributed by atoms with E-state index in [4.69, 9.17) is 17.3 Å². The van der Waals surface area contributed by atoms with Crippen molar-refractivity contribution in [2.45, 2.75) is 12.8 Å². The summed E-state index contributed by atoms with van der Waals surface area (Å²) in [6.07, 6.45) is 0.438. The van der Waals surface area contributed by atoms with E-state index in [2.05, 4.69) is 0 Å². The van der Waals surface area contributed by atoms with Crippen LogP contribution in [0.1, 0.15) is 12.0 Å². The molecule has 0 aromatic heterocycles. The molecule has 0 aliphatic rings. The highest BCUT2D eigenvalue weighted by atomic mass is 35.5. The number of alkyl halides is 1. The summed E-state index contributed by atoms with van der Waals surface area (Å²) in [6, 6.07) is 4.45. The zero-order valence-corrected chi connectivity index (χ0v) is 8.35. The number of nitrogens with two attached hydrogens (primary N) is 1. The number of carbonyl (C=O) groups excluding carboxylic acids is 1. The number of halogens is 2. The molecule has 0 fully saturated rings. The van der Waals surface area contributed by atoms with Gasteiger partial charge in [0, 0.05) is 18.7 Å². The molecule has 1 rings (SSSR count). The molecule has 4 heteroatoms. The molecule has 0 aliphatic carbocycles. The molecule has 14 heavy (non-hydrogen) atoms. The summed E-state index contributed by atoms with van der Waals surface area (Å²) in [5.41, 5.74) is 6.05. The molecular formula is C10H11ClFNO. The second-order valence-corrected chi connectivity index (χ2v) is 3.35. The van der Waals surface area contributed by atoms with Gasteiger partial charge < -0.3 is 5.73 Å². The fourth-order valence-electron chi connectivity index (χ4n) is 1.14. The molecule has 0 bridgehead atoms. The number of nitrogen functional groups attached to an aromatic ring is 1. The number of para-hydroxylation sites is 1. The van der Waals surface area contributed by atoms with Gasteiger partial charge in [-0.05, 0) is 11.6 Å². The molecule has 0 spiro atoms. The minimum Gasteiger partial charge on any atom is -0.396 e. The Morgan fingerprint density at radius 3 is 2.86 bits per heavy atom. The molecule has 1 aromatic rings. The smallest absolute Gasteiger partial charge is 0.146 e. The molecule has 0 saturated carbocycles. The number of carbonyl (C=O) groups is 1. The maximum Gasteiger partial charge on any atom is 0.146 e. The average molecular weight is 216 g/mol. The van der Waals surface area contributed by atoms with E-state index in [-0.39, 0.29) is 30.2 Å². The predicted molar refractivity (Wildman–Crippen MR) is 54.9 cm³/mol. The van der Waals surface area contributed by atoms with Crippen LogP contribution in [0.5, 0.6) is 0 Å². The predicted octanol–water partition coefficient (Wildman–Crippen LogP) is 2.15. The topological polar surface area (TPSA) is 43.1 Å². The third kappa shape index (κ3) is 2.70. The van der Waals surface area contributed by atoms with E-state index in [1.807, 2.05) is 0 Å². The highest BCUT2D eigenvalue weighted by Crippen LogP contribution is 2.16. The molecule has 0 amide bonds. The number of ketones is 1. The van der Waals surface area contributed by atoms with Crippen LogP contribution in [0.15, 0.2) is 18.2 Å². The van der Waals surface area contributed by atoms with Gasteiger partial charge in [0.05, 0.1) is 5.69 Å². The highest BCUT2D eigenvalue weighted by molar-refractivity contribution is 6.19. The maximum absolute atomic E-state index is 13.0. The monoisotopic (exact) mass is 215 g/mol. The first-order valence-electron chi connectivity index (χ1n) is 4.25. The van der Waals surface area contributed by atoms with Crippen LogP contribution in [0.2, 0.25) is 0 Å². The van der Waals surface area contributed by atoms with Crippen molar-refractivity contribution in [3.05, 3.63) is 29.6 Å². The molecule has 2 N–H and O–H groups in total. The van der Waals surface area contributed by atoms with E-state index in [0.29, 0.717) is 5.56 Å². The van der Waals surface area contributed by atoms with Crippen LogP contribution in [-0.2, 0) is 11.2 Å². The zero-order chi connectivity index (χ0) is 10.6. The van der Waals surface area contributed by atoms with Gasteiger partial charge >= 0.3 is 0 Å². The number of rotatable bonds is 4. The van der Waals surface area contributed by atoms with Crippen LogP contribution in [0.25, 0.3) is 0 Å². The summed E-state index contributed by atoms with van der Waals surface area (Å²) in [4.78, 5) is 11.2. The van der Waals surface area contributed by atoms with Gasteiger partial charge in [0.15, 0.2) is 0 Å². The molecular weight excluding hydrogens is 205 g/mol. The van der Waals surface area contributed by atoms with Gasteiger partial charge in [-0.1, -0.05) is 12.1 Å². The Hall–Kier alpha value is -1.09. The maximum atomic E-state index is 13.0. The lowest BCUT2D eigenvalue weighted by atomic mass is 10.1. The lowest BCUT2D eigenvalue weighted by molar-refractivity contribution is -0.118. The molecule has 0 saturated heterocycles. The molecule has 0 aliphatic heterocycles. The first kappa shape index (κ1) is 11.0. The molecule has 0 unspecified atom stereocenters. The van der Waals surface area contributed by atoms with Crippen molar-refractivity contribution in [3.8, 4) is 0 Å². The van der Waals surface area contributed by atoms with Crippen LogP contribution < -0.4 is 5.73 Å². The van der Waals surface area contributed by atoms with Crippen LogP contribution in [0, 0.1) is 5.82 Å². The summed E-state index contributed by atoms with van der Waals surface area (Å²) < 4.78 is 13.0. The third-order valence-electron chi connectivity index (χ3n) is 1.90. The van der Waals surface area contributed by atoms with Crippen molar-refractivity contribution in [1.29, 1.82) is 0 Å². The SMILES string of the molecule is Nc1c(F)cccc1CC(=O)CCCl. The number of hydrogen-bond donors (Lipinski definition) is 1. The van der Waals surface area contributed by atoms with Crippen LogP contribution in [0.3, 0.4) is 0 Å². The van der Waals surface area contributed by atoms with Crippen LogP contribution >= 0.6 is 11.6 Å². The fourth-order valence-corrected chi connectivity index (χ4v) is 1.35. The number of benzene rings is 1. The van der Waals surface area contributed by atoms with Gasteiger partial charge in [0.2, 0.25) is 0 Å². The normalized spacial score (nSPS) is 10.1. The highest BCUT2D eigenvalue weighted by Gasteiger charge is 2.08. The second kappa shape index (κ2) is 4.96. The first-order valence-corrected chi connectivity index (χ1v) is 4.79. The van der Waals surface area contributed by atoms with Crippen molar-refractivity contribution >= 4 is 23.1 Å². The van der Waals surface area contributed by atoms with Crippen LogP contribution in [-0.4, -0.2) is 11.7 Å². The van der Waals surface area contributed by atoms with E-state index in [1.165, 1.54) is 12.1 Å². The summed E-state index contributed by atoms with van der Waals surface area (Å²) >= 11 is 5.41. The van der Waals surface area contributed by atoms with E-state index < -0.39 is 5.82 Å². The van der Waals surface area contributed by atoms with Crippen molar-refractivity contribution in [3.63, 3.8) is 0 Å².